The van der Waals surface area contributed by atoms with Crippen LogP contribution in [0.15, 0.2) is 114 Å². The van der Waals surface area contributed by atoms with E-state index in [1.165, 1.54) is 11.9 Å². The van der Waals surface area contributed by atoms with Gasteiger partial charge in [0.2, 0.25) is 9.58 Å². The number of hydrogen-bond donors (Lipinski definition) is 0. The van der Waals surface area contributed by atoms with Crippen molar-refractivity contribution >= 4 is 63.9 Å². The number of carbonyl (C=O) groups is 3. The molecule has 0 aromatic heterocycles. The largest absolute Gasteiger partial charge is 0.440 e. The SMILES string of the molecule is CN(C(=O)O/N=C(\C(=O)c1ccc(-c2ccc(C(=O)c3ccccc3)cc2)cc1)C(Cl)(Cl)Cl)c1ccccc1. The minimum Gasteiger partial charge on any atom is -0.297 e. The predicted octanol–water partition coefficient (Wildman–Crippen LogP) is 7.77. The number of amides is 1. The second-order valence-corrected chi connectivity index (χ2v) is 10.6. The Bertz CT molecular complexity index is 1500. The van der Waals surface area contributed by atoms with Gasteiger partial charge in [-0.3, -0.25) is 19.3 Å². The summed E-state index contributed by atoms with van der Waals surface area (Å²) in [6.07, 6.45) is -0.870. The Morgan fingerprint density at radius 3 is 1.64 bits per heavy atom. The fraction of sp³-hybridized carbons (Fsp3) is 0.0667. The van der Waals surface area contributed by atoms with Crippen LogP contribution in [0.2, 0.25) is 0 Å². The summed E-state index contributed by atoms with van der Waals surface area (Å²) in [4.78, 5) is 44.3. The number of nitrogens with zero attached hydrogens (tertiary/aromatic N) is 2. The zero-order valence-electron chi connectivity index (χ0n) is 20.6. The number of carbonyl (C=O) groups excluding carboxylic acids is 3. The number of hydrogen-bond acceptors (Lipinski definition) is 5. The smallest absolute Gasteiger partial charge is 0.297 e. The van der Waals surface area contributed by atoms with Gasteiger partial charge in [-0.25, -0.2) is 4.79 Å². The molecule has 4 rings (SSSR count). The molecule has 39 heavy (non-hydrogen) atoms. The molecule has 1 amide bonds. The summed E-state index contributed by atoms with van der Waals surface area (Å²) in [7, 11) is 1.48. The summed E-state index contributed by atoms with van der Waals surface area (Å²) in [5.74, 6) is -0.794. The van der Waals surface area contributed by atoms with E-state index in [-0.39, 0.29) is 11.3 Å². The number of benzene rings is 4. The van der Waals surface area contributed by atoms with E-state index >= 15 is 0 Å². The molecule has 0 heterocycles. The van der Waals surface area contributed by atoms with Crippen LogP contribution in [-0.2, 0) is 4.84 Å². The molecule has 6 nitrogen and oxygen atoms in total. The molecule has 0 spiro atoms. The first-order valence-corrected chi connectivity index (χ1v) is 12.8. The number of para-hydroxylation sites is 1. The molecule has 4 aromatic carbocycles. The molecular weight excluding hydrogens is 559 g/mol. The van der Waals surface area contributed by atoms with E-state index in [2.05, 4.69) is 5.16 Å². The number of anilines is 1. The zero-order chi connectivity index (χ0) is 28.0. The lowest BCUT2D eigenvalue weighted by Crippen LogP contribution is -2.31. The minimum atomic E-state index is -2.25. The number of rotatable bonds is 7. The number of Topliss-reactive ketones (excluding diaryl/α,β-unsaturated/α-hetero) is 1. The van der Waals surface area contributed by atoms with Gasteiger partial charge in [0.15, 0.2) is 11.5 Å². The highest BCUT2D eigenvalue weighted by atomic mass is 35.6. The molecular formula is C30H21Cl3N2O4. The van der Waals surface area contributed by atoms with Crippen molar-refractivity contribution in [3.63, 3.8) is 0 Å². The summed E-state index contributed by atoms with van der Waals surface area (Å²) >= 11 is 17.9. The lowest BCUT2D eigenvalue weighted by molar-refractivity contribution is 0.103. The predicted molar refractivity (Wildman–Crippen MR) is 155 cm³/mol. The molecule has 0 unspecified atom stereocenters. The molecule has 0 aliphatic carbocycles. The summed E-state index contributed by atoms with van der Waals surface area (Å²) in [5, 5.41) is 3.60. The van der Waals surface area contributed by atoms with Gasteiger partial charge in [-0.2, -0.15) is 0 Å². The zero-order valence-corrected chi connectivity index (χ0v) is 22.8. The molecule has 0 atom stereocenters. The third-order valence-electron chi connectivity index (χ3n) is 5.78. The fourth-order valence-electron chi connectivity index (χ4n) is 3.65. The Morgan fingerprint density at radius 1 is 0.667 bits per heavy atom. The van der Waals surface area contributed by atoms with Gasteiger partial charge in [0.05, 0.1) is 0 Å². The standard InChI is InChI=1S/C30H21Cl3N2O4/c1-35(25-10-6-3-7-11-25)29(38)39-34-28(30(31,32)33)27(37)24-18-14-21(15-19-24)20-12-16-23(17-13-20)26(36)22-8-4-2-5-9-22/h2-19H,1H3/b34-28+. The summed E-state index contributed by atoms with van der Waals surface area (Å²) in [6.45, 7) is 0. The summed E-state index contributed by atoms with van der Waals surface area (Å²) in [5.41, 5.74) is 2.96. The van der Waals surface area contributed by atoms with Crippen LogP contribution in [0.1, 0.15) is 26.3 Å². The molecule has 0 aliphatic rings. The van der Waals surface area contributed by atoms with Crippen molar-refractivity contribution in [2.24, 2.45) is 5.16 Å². The van der Waals surface area contributed by atoms with Crippen LogP contribution in [0.4, 0.5) is 10.5 Å². The quantitative estimate of drug-likeness (QED) is 0.0737. The van der Waals surface area contributed by atoms with Crippen LogP contribution in [0.25, 0.3) is 11.1 Å². The van der Waals surface area contributed by atoms with Crippen LogP contribution in [-0.4, -0.2) is 34.2 Å². The van der Waals surface area contributed by atoms with E-state index < -0.39 is 21.4 Å². The molecule has 9 heteroatoms. The molecule has 196 valence electrons. The molecule has 0 bridgehead atoms. The second-order valence-electron chi connectivity index (χ2n) is 8.37. The monoisotopic (exact) mass is 578 g/mol. The maximum Gasteiger partial charge on any atom is 0.440 e. The normalized spacial score (nSPS) is 11.5. The van der Waals surface area contributed by atoms with Gasteiger partial charge < -0.3 is 0 Å². The number of halogens is 3. The van der Waals surface area contributed by atoms with Gasteiger partial charge in [0.25, 0.3) is 0 Å². The first-order valence-electron chi connectivity index (χ1n) is 11.6. The number of ketones is 2. The Hall–Kier alpha value is -3.97. The van der Waals surface area contributed by atoms with Crippen molar-refractivity contribution in [3.05, 3.63) is 126 Å². The van der Waals surface area contributed by atoms with Crippen molar-refractivity contribution in [2.45, 2.75) is 3.79 Å². The first-order chi connectivity index (χ1) is 18.6. The molecule has 0 N–H and O–H groups in total. The van der Waals surface area contributed by atoms with Gasteiger partial charge in [-0.15, -0.1) is 0 Å². The molecule has 0 aliphatic heterocycles. The fourth-order valence-corrected chi connectivity index (χ4v) is 4.01. The van der Waals surface area contributed by atoms with E-state index in [4.69, 9.17) is 39.6 Å². The lowest BCUT2D eigenvalue weighted by Gasteiger charge is -2.16. The van der Waals surface area contributed by atoms with Crippen molar-refractivity contribution in [1.29, 1.82) is 0 Å². The highest BCUT2D eigenvalue weighted by Crippen LogP contribution is 2.31. The third-order valence-corrected chi connectivity index (χ3v) is 6.32. The van der Waals surface area contributed by atoms with Gasteiger partial charge in [0, 0.05) is 29.4 Å². The number of oxime groups is 1. The van der Waals surface area contributed by atoms with Crippen LogP contribution in [0.5, 0.6) is 0 Å². The van der Waals surface area contributed by atoms with Gasteiger partial charge >= 0.3 is 6.09 Å². The highest BCUT2D eigenvalue weighted by Gasteiger charge is 2.36. The second kappa shape index (κ2) is 12.3. The lowest BCUT2D eigenvalue weighted by atomic mass is 9.98. The number of alkyl halides is 3. The summed E-state index contributed by atoms with van der Waals surface area (Å²) < 4.78 is -2.25. The maximum atomic E-state index is 13.1. The van der Waals surface area contributed by atoms with E-state index in [1.807, 2.05) is 30.3 Å². The summed E-state index contributed by atoms with van der Waals surface area (Å²) in [6, 6.07) is 31.4. The van der Waals surface area contributed by atoms with Crippen LogP contribution >= 0.6 is 34.8 Å². The van der Waals surface area contributed by atoms with Crippen LogP contribution in [0, 0.1) is 0 Å². The molecule has 0 saturated heterocycles. The van der Waals surface area contributed by atoms with E-state index in [0.717, 1.165) is 11.1 Å². The van der Waals surface area contributed by atoms with Crippen LogP contribution in [0.3, 0.4) is 0 Å². The van der Waals surface area contributed by atoms with Crippen molar-refractivity contribution in [3.8, 4) is 11.1 Å². The Morgan fingerprint density at radius 2 is 1.13 bits per heavy atom. The van der Waals surface area contributed by atoms with Gasteiger partial charge in [-0.05, 0) is 23.3 Å². The van der Waals surface area contributed by atoms with Gasteiger partial charge in [0.1, 0.15) is 0 Å². The van der Waals surface area contributed by atoms with E-state index in [1.54, 1.807) is 78.9 Å². The average Bonchev–Trinajstić information content (AvgIpc) is 2.96. The van der Waals surface area contributed by atoms with E-state index in [0.29, 0.717) is 16.8 Å². The Labute approximate surface area is 240 Å². The van der Waals surface area contributed by atoms with Crippen LogP contribution < -0.4 is 4.90 Å². The maximum absolute atomic E-state index is 13.1. The Kier molecular flexibility index (Phi) is 8.82. The molecule has 0 fully saturated rings. The first kappa shape index (κ1) is 28.0. The highest BCUT2D eigenvalue weighted by molar-refractivity contribution is 6.83. The topological polar surface area (TPSA) is 76.0 Å². The van der Waals surface area contributed by atoms with Crippen molar-refractivity contribution in [1.82, 2.24) is 0 Å². The van der Waals surface area contributed by atoms with Gasteiger partial charge in [-0.1, -0.05) is 137 Å². The minimum absolute atomic E-state index is 0.0720. The molecule has 0 saturated carbocycles. The van der Waals surface area contributed by atoms with Crippen molar-refractivity contribution in [2.75, 3.05) is 11.9 Å². The molecule has 0 radical (unpaired) electrons. The molecule has 4 aromatic rings. The average molecular weight is 580 g/mol. The Balaban J connectivity index is 1.49. The van der Waals surface area contributed by atoms with E-state index in [9.17, 15) is 14.4 Å². The third kappa shape index (κ3) is 6.92. The van der Waals surface area contributed by atoms with Crippen molar-refractivity contribution < 1.29 is 19.2 Å².